The molecule has 2 rings (SSSR count). The molecule has 0 aliphatic heterocycles. The Kier molecular flexibility index (Phi) is 2.68. The Bertz CT molecular complexity index is 488. The van der Waals surface area contributed by atoms with Crippen molar-refractivity contribution in [1.29, 1.82) is 0 Å². The number of nitrogens with zero attached hydrogens (tertiary/aromatic N) is 2. The largest absolute Gasteiger partial charge is 0.333 e. The second kappa shape index (κ2) is 4.00. The summed E-state index contributed by atoms with van der Waals surface area (Å²) in [6.45, 7) is -1.02. The Morgan fingerprint density at radius 2 is 1.81 bits per heavy atom. The first-order valence-corrected chi connectivity index (χ1v) is 4.68. The number of hydrogen-bond donors (Lipinski definition) is 0. The molecular formula is C11H9F3N2. The lowest BCUT2D eigenvalue weighted by Gasteiger charge is -1.98. The third kappa shape index (κ3) is 1.93. The van der Waals surface area contributed by atoms with Crippen LogP contribution in [-0.2, 0) is 0 Å². The van der Waals surface area contributed by atoms with Gasteiger partial charge in [0.1, 0.15) is 5.82 Å². The first-order chi connectivity index (χ1) is 7.58. The van der Waals surface area contributed by atoms with Gasteiger partial charge >= 0.3 is 6.55 Å². The zero-order valence-corrected chi connectivity index (χ0v) is 8.49. The first kappa shape index (κ1) is 10.7. The van der Waals surface area contributed by atoms with Crippen molar-refractivity contribution in [3.05, 3.63) is 42.0 Å². The van der Waals surface area contributed by atoms with E-state index >= 15 is 0 Å². The normalized spacial score (nSPS) is 11.1. The van der Waals surface area contributed by atoms with Crippen molar-refractivity contribution in [3.63, 3.8) is 0 Å². The molecule has 0 unspecified atom stereocenters. The van der Waals surface area contributed by atoms with Crippen LogP contribution in [0.4, 0.5) is 13.2 Å². The third-order valence-electron chi connectivity index (χ3n) is 2.27. The van der Waals surface area contributed by atoms with Crippen LogP contribution < -0.4 is 0 Å². The number of benzene rings is 1. The van der Waals surface area contributed by atoms with Crippen LogP contribution in [0.15, 0.2) is 30.5 Å². The molecule has 0 atom stereocenters. The van der Waals surface area contributed by atoms with Crippen LogP contribution in [0.3, 0.4) is 0 Å². The molecule has 0 spiro atoms. The van der Waals surface area contributed by atoms with E-state index in [-0.39, 0.29) is 5.82 Å². The molecule has 0 aliphatic rings. The van der Waals surface area contributed by atoms with Gasteiger partial charge in [0.25, 0.3) is 0 Å². The van der Waals surface area contributed by atoms with Crippen molar-refractivity contribution < 1.29 is 13.2 Å². The van der Waals surface area contributed by atoms with Crippen LogP contribution in [0.1, 0.15) is 12.2 Å². The fourth-order valence-corrected chi connectivity index (χ4v) is 1.49. The Labute approximate surface area is 90.3 Å². The van der Waals surface area contributed by atoms with Crippen LogP contribution in [0, 0.1) is 12.7 Å². The van der Waals surface area contributed by atoms with E-state index in [4.69, 9.17) is 0 Å². The molecule has 84 valence electrons. The van der Waals surface area contributed by atoms with E-state index in [2.05, 4.69) is 5.10 Å². The number of halogens is 3. The number of rotatable bonds is 2. The topological polar surface area (TPSA) is 17.8 Å². The molecule has 0 fully saturated rings. The maximum absolute atomic E-state index is 12.7. The molecule has 2 nitrogen and oxygen atoms in total. The minimum atomic E-state index is -2.66. The smallest absolute Gasteiger partial charge is 0.211 e. The summed E-state index contributed by atoms with van der Waals surface area (Å²) in [5.41, 5.74) is 1.75. The van der Waals surface area contributed by atoms with E-state index in [1.807, 2.05) is 0 Å². The maximum Gasteiger partial charge on any atom is 0.333 e. The molecule has 16 heavy (non-hydrogen) atoms. The summed E-state index contributed by atoms with van der Waals surface area (Å²) in [7, 11) is 0. The minimum absolute atomic E-state index is 0.359. The molecule has 5 heteroatoms. The average Bonchev–Trinajstić information content (AvgIpc) is 2.62. The van der Waals surface area contributed by atoms with Gasteiger partial charge in [-0.05, 0) is 24.6 Å². The van der Waals surface area contributed by atoms with Crippen molar-refractivity contribution in [2.24, 2.45) is 0 Å². The molecule has 0 saturated carbocycles. The van der Waals surface area contributed by atoms with Gasteiger partial charge in [0, 0.05) is 11.8 Å². The Hall–Kier alpha value is -1.78. The molecular weight excluding hydrogens is 217 g/mol. The highest BCUT2D eigenvalue weighted by molar-refractivity contribution is 5.64. The third-order valence-corrected chi connectivity index (χ3v) is 2.27. The van der Waals surface area contributed by atoms with Crippen LogP contribution >= 0.6 is 0 Å². The highest BCUT2D eigenvalue weighted by Gasteiger charge is 2.12. The lowest BCUT2D eigenvalue weighted by molar-refractivity contribution is 0.0563. The van der Waals surface area contributed by atoms with Gasteiger partial charge in [-0.25, -0.2) is 9.07 Å². The summed E-state index contributed by atoms with van der Waals surface area (Å²) < 4.78 is 38.0. The van der Waals surface area contributed by atoms with Gasteiger partial charge in [-0.1, -0.05) is 12.1 Å². The number of hydrogen-bond acceptors (Lipinski definition) is 1. The summed E-state index contributed by atoms with van der Waals surface area (Å²) in [5.74, 6) is -0.359. The quantitative estimate of drug-likeness (QED) is 0.767. The van der Waals surface area contributed by atoms with E-state index in [1.165, 1.54) is 30.5 Å². The van der Waals surface area contributed by atoms with Gasteiger partial charge < -0.3 is 0 Å². The zero-order chi connectivity index (χ0) is 11.7. The van der Waals surface area contributed by atoms with E-state index in [1.54, 1.807) is 6.92 Å². The highest BCUT2D eigenvalue weighted by atomic mass is 19.3. The maximum atomic E-state index is 12.7. The number of aryl methyl sites for hydroxylation is 1. The molecule has 0 bridgehead atoms. The Morgan fingerprint density at radius 3 is 2.31 bits per heavy atom. The second-order valence-electron chi connectivity index (χ2n) is 3.39. The van der Waals surface area contributed by atoms with Gasteiger partial charge in [-0.3, -0.25) is 0 Å². The summed E-state index contributed by atoms with van der Waals surface area (Å²) >= 11 is 0. The molecule has 1 aromatic carbocycles. The fraction of sp³-hybridized carbons (Fsp3) is 0.182. The van der Waals surface area contributed by atoms with E-state index in [9.17, 15) is 13.2 Å². The lowest BCUT2D eigenvalue weighted by atomic mass is 10.1. The van der Waals surface area contributed by atoms with Crippen molar-refractivity contribution in [1.82, 2.24) is 9.78 Å². The highest BCUT2D eigenvalue weighted by Crippen LogP contribution is 2.24. The van der Waals surface area contributed by atoms with Crippen LogP contribution in [0.25, 0.3) is 11.1 Å². The zero-order valence-electron chi connectivity index (χ0n) is 8.49. The van der Waals surface area contributed by atoms with Gasteiger partial charge in [0.05, 0.1) is 5.69 Å². The average molecular weight is 226 g/mol. The predicted octanol–water partition coefficient (Wildman–Crippen LogP) is 3.39. The Balaban J connectivity index is 2.44. The van der Waals surface area contributed by atoms with Gasteiger partial charge in [0.2, 0.25) is 0 Å². The van der Waals surface area contributed by atoms with Crippen LogP contribution in [-0.4, -0.2) is 9.78 Å². The van der Waals surface area contributed by atoms with E-state index in [0.717, 1.165) is 0 Å². The fourth-order valence-electron chi connectivity index (χ4n) is 1.49. The Morgan fingerprint density at radius 1 is 1.19 bits per heavy atom. The van der Waals surface area contributed by atoms with Crippen LogP contribution in [0.2, 0.25) is 0 Å². The van der Waals surface area contributed by atoms with Crippen molar-refractivity contribution in [3.8, 4) is 11.1 Å². The van der Waals surface area contributed by atoms with Crippen molar-refractivity contribution in [2.75, 3.05) is 0 Å². The molecule has 0 saturated heterocycles. The summed E-state index contributed by atoms with van der Waals surface area (Å²) in [6.07, 6.45) is 1.26. The molecule has 1 heterocycles. The van der Waals surface area contributed by atoms with E-state index in [0.29, 0.717) is 21.5 Å². The van der Waals surface area contributed by atoms with Gasteiger partial charge in [-0.15, -0.1) is 0 Å². The standard InChI is InChI=1S/C11H9F3N2/c1-7-10(6-16(15-7)11(13)14)8-2-4-9(12)5-3-8/h2-6,11H,1H3. The lowest BCUT2D eigenvalue weighted by Crippen LogP contribution is -1.97. The summed E-state index contributed by atoms with van der Waals surface area (Å²) in [5, 5.41) is 3.68. The number of aromatic nitrogens is 2. The van der Waals surface area contributed by atoms with Crippen molar-refractivity contribution in [2.45, 2.75) is 13.5 Å². The molecule has 2 aromatic rings. The SMILES string of the molecule is Cc1nn(C(F)F)cc1-c1ccc(F)cc1. The summed E-state index contributed by atoms with van der Waals surface area (Å²) in [6, 6.07) is 5.65. The van der Waals surface area contributed by atoms with Crippen molar-refractivity contribution >= 4 is 0 Å². The molecule has 0 aliphatic carbocycles. The molecule has 0 radical (unpaired) electrons. The monoisotopic (exact) mass is 226 g/mol. The molecule has 0 N–H and O–H groups in total. The number of alkyl halides is 2. The second-order valence-corrected chi connectivity index (χ2v) is 3.39. The molecule has 1 aromatic heterocycles. The van der Waals surface area contributed by atoms with E-state index < -0.39 is 6.55 Å². The van der Waals surface area contributed by atoms with Gasteiger partial charge in [-0.2, -0.15) is 13.9 Å². The van der Waals surface area contributed by atoms with Crippen LogP contribution in [0.5, 0.6) is 0 Å². The summed E-state index contributed by atoms with van der Waals surface area (Å²) in [4.78, 5) is 0. The minimum Gasteiger partial charge on any atom is -0.211 e. The molecule has 0 amide bonds. The first-order valence-electron chi connectivity index (χ1n) is 4.68. The van der Waals surface area contributed by atoms with Gasteiger partial charge in [0.15, 0.2) is 0 Å². The predicted molar refractivity (Wildman–Crippen MR) is 53.6 cm³/mol.